The molecule has 1 saturated heterocycles. The molecule has 1 N–H and O–H groups in total. The van der Waals surface area contributed by atoms with Crippen molar-refractivity contribution in [1.29, 1.82) is 0 Å². The predicted molar refractivity (Wildman–Crippen MR) is 136 cm³/mol. The summed E-state index contributed by atoms with van der Waals surface area (Å²) in [5.74, 6) is -2.04. The summed E-state index contributed by atoms with van der Waals surface area (Å²) in [6, 6.07) is 15.2. The Morgan fingerprint density at radius 1 is 1.08 bits per heavy atom. The Morgan fingerprint density at radius 2 is 1.86 bits per heavy atom. The second kappa shape index (κ2) is 10.2. The number of nitrogens with zero attached hydrogens (tertiary/aromatic N) is 4. The van der Waals surface area contributed by atoms with Crippen LogP contribution < -0.4 is 4.90 Å². The van der Waals surface area contributed by atoms with Gasteiger partial charge in [-0.15, -0.1) is 10.2 Å². The molecule has 4 aromatic rings. The van der Waals surface area contributed by atoms with Gasteiger partial charge in [-0.2, -0.15) is 0 Å². The number of pyridine rings is 1. The molecule has 2 aromatic heterocycles. The Morgan fingerprint density at radius 3 is 2.61 bits per heavy atom. The molecule has 5 rings (SSSR count). The SMILES string of the molecule is O=C1C(=O)N(c2nnc(SCc3ccccc3F)s2)C(c2cccc(Cl)c2)C1=C(O)c1ccncc1. The van der Waals surface area contributed by atoms with Gasteiger partial charge in [0.1, 0.15) is 11.6 Å². The Bertz CT molecular complexity index is 1500. The highest BCUT2D eigenvalue weighted by Gasteiger charge is 2.48. The number of benzene rings is 2. The number of hydrogen-bond acceptors (Lipinski definition) is 8. The summed E-state index contributed by atoms with van der Waals surface area (Å²) in [6.07, 6.45) is 2.95. The Labute approximate surface area is 218 Å². The first kappa shape index (κ1) is 24.1. The van der Waals surface area contributed by atoms with Crippen LogP contribution in [-0.4, -0.2) is 32.0 Å². The van der Waals surface area contributed by atoms with Crippen LogP contribution >= 0.6 is 34.7 Å². The summed E-state index contributed by atoms with van der Waals surface area (Å²) in [5, 5.41) is 19.9. The van der Waals surface area contributed by atoms with Gasteiger partial charge >= 0.3 is 5.91 Å². The van der Waals surface area contributed by atoms with E-state index in [-0.39, 0.29) is 22.3 Å². The number of aliphatic hydroxyl groups is 1. The maximum absolute atomic E-state index is 14.0. The van der Waals surface area contributed by atoms with E-state index in [1.165, 1.54) is 35.1 Å². The highest BCUT2D eigenvalue weighted by molar-refractivity contribution is 8.00. The Kier molecular flexibility index (Phi) is 6.82. The van der Waals surface area contributed by atoms with Crippen LogP contribution in [0.5, 0.6) is 0 Å². The Balaban J connectivity index is 1.54. The van der Waals surface area contributed by atoms with E-state index < -0.39 is 17.7 Å². The summed E-state index contributed by atoms with van der Waals surface area (Å²) in [6.45, 7) is 0. The van der Waals surface area contributed by atoms with Crippen molar-refractivity contribution in [3.8, 4) is 0 Å². The summed E-state index contributed by atoms with van der Waals surface area (Å²) >= 11 is 8.58. The molecule has 0 radical (unpaired) electrons. The number of thioether (sulfide) groups is 1. The number of aliphatic hydroxyl groups excluding tert-OH is 1. The highest BCUT2D eigenvalue weighted by atomic mass is 35.5. The molecule has 2 aromatic carbocycles. The van der Waals surface area contributed by atoms with Crippen molar-refractivity contribution < 1.29 is 19.1 Å². The van der Waals surface area contributed by atoms with Crippen molar-refractivity contribution in [2.45, 2.75) is 16.1 Å². The smallest absolute Gasteiger partial charge is 0.301 e. The first-order valence-corrected chi connectivity index (χ1v) is 12.8. The normalized spacial score (nSPS) is 17.1. The summed E-state index contributed by atoms with van der Waals surface area (Å²) < 4.78 is 14.5. The lowest BCUT2D eigenvalue weighted by molar-refractivity contribution is -0.132. The van der Waals surface area contributed by atoms with Gasteiger partial charge in [-0.3, -0.25) is 19.5 Å². The third kappa shape index (κ3) is 4.62. The maximum Gasteiger partial charge on any atom is 0.301 e. The number of hydrogen-bond donors (Lipinski definition) is 1. The molecule has 0 aliphatic carbocycles. The molecular formula is C25H16ClFN4O3S2. The number of anilines is 1. The average Bonchev–Trinajstić information content (AvgIpc) is 3.46. The van der Waals surface area contributed by atoms with Gasteiger partial charge in [0.25, 0.3) is 5.78 Å². The van der Waals surface area contributed by atoms with Gasteiger partial charge in [-0.25, -0.2) is 4.39 Å². The summed E-state index contributed by atoms with van der Waals surface area (Å²) in [5.41, 5.74) is 1.28. The lowest BCUT2D eigenvalue weighted by atomic mass is 9.96. The van der Waals surface area contributed by atoms with Crippen LogP contribution in [0, 0.1) is 5.82 Å². The van der Waals surface area contributed by atoms with Crippen LogP contribution in [0.2, 0.25) is 5.02 Å². The van der Waals surface area contributed by atoms with Crippen molar-refractivity contribution in [3.05, 3.63) is 106 Å². The van der Waals surface area contributed by atoms with Gasteiger partial charge in [0.2, 0.25) is 5.13 Å². The number of carbonyl (C=O) groups excluding carboxylic acids is 2. The second-order valence-electron chi connectivity index (χ2n) is 7.69. The largest absolute Gasteiger partial charge is 0.507 e. The topological polar surface area (TPSA) is 96.3 Å². The third-order valence-corrected chi connectivity index (χ3v) is 7.81. The zero-order valence-corrected chi connectivity index (χ0v) is 20.7. The van der Waals surface area contributed by atoms with Crippen molar-refractivity contribution >= 4 is 57.3 Å². The monoisotopic (exact) mass is 538 g/mol. The van der Waals surface area contributed by atoms with Gasteiger partial charge < -0.3 is 5.11 Å². The van der Waals surface area contributed by atoms with E-state index >= 15 is 0 Å². The molecule has 180 valence electrons. The minimum atomic E-state index is -0.978. The van der Waals surface area contributed by atoms with Crippen molar-refractivity contribution in [2.75, 3.05) is 4.90 Å². The van der Waals surface area contributed by atoms with Crippen LogP contribution in [0.4, 0.5) is 9.52 Å². The van der Waals surface area contributed by atoms with E-state index in [1.807, 2.05) is 0 Å². The van der Waals surface area contributed by atoms with Crippen LogP contribution in [-0.2, 0) is 15.3 Å². The van der Waals surface area contributed by atoms with Gasteiger partial charge in [-0.05, 0) is 41.5 Å². The van der Waals surface area contributed by atoms with Crippen LogP contribution in [0.15, 0.2) is 83.0 Å². The molecule has 36 heavy (non-hydrogen) atoms. The number of rotatable bonds is 6. The van der Waals surface area contributed by atoms with Gasteiger partial charge in [0.15, 0.2) is 4.34 Å². The Hall–Kier alpha value is -3.60. The zero-order valence-electron chi connectivity index (χ0n) is 18.3. The molecular weight excluding hydrogens is 523 g/mol. The average molecular weight is 539 g/mol. The van der Waals surface area contributed by atoms with Crippen molar-refractivity contribution in [3.63, 3.8) is 0 Å². The van der Waals surface area contributed by atoms with Crippen molar-refractivity contribution in [2.24, 2.45) is 0 Å². The molecule has 1 fully saturated rings. The van der Waals surface area contributed by atoms with Gasteiger partial charge in [0, 0.05) is 28.7 Å². The fraction of sp³-hybridized carbons (Fsp3) is 0.0800. The van der Waals surface area contributed by atoms with Crippen LogP contribution in [0.3, 0.4) is 0 Å². The van der Waals surface area contributed by atoms with E-state index in [0.717, 1.165) is 11.3 Å². The molecule has 1 aliphatic heterocycles. The minimum absolute atomic E-state index is 0.0933. The second-order valence-corrected chi connectivity index (χ2v) is 10.3. The third-order valence-electron chi connectivity index (χ3n) is 5.47. The first-order chi connectivity index (χ1) is 17.4. The van der Waals surface area contributed by atoms with E-state index in [0.29, 0.717) is 31.8 Å². The number of amides is 1. The number of Topliss-reactive ketones (excluding diaryl/α,β-unsaturated/α-hetero) is 1. The minimum Gasteiger partial charge on any atom is -0.507 e. The van der Waals surface area contributed by atoms with E-state index in [4.69, 9.17) is 11.6 Å². The molecule has 3 heterocycles. The number of aromatic nitrogens is 3. The van der Waals surface area contributed by atoms with Gasteiger partial charge in [-0.1, -0.05) is 65.0 Å². The summed E-state index contributed by atoms with van der Waals surface area (Å²) in [4.78, 5) is 31.5. The lowest BCUT2D eigenvalue weighted by Gasteiger charge is -2.22. The number of halogens is 2. The molecule has 0 saturated carbocycles. The van der Waals surface area contributed by atoms with Gasteiger partial charge in [0.05, 0.1) is 11.6 Å². The predicted octanol–water partition coefficient (Wildman–Crippen LogP) is 5.64. The number of ketones is 1. The standard InChI is InChI=1S/C25H16ClFN4O3S2/c26-17-6-3-5-15(12-17)20-19(21(32)14-8-10-28-11-9-14)22(33)23(34)31(20)24-29-30-25(36-24)35-13-16-4-1-2-7-18(16)27/h1-12,20,32H,13H2. The highest BCUT2D eigenvalue weighted by Crippen LogP contribution is 2.44. The van der Waals surface area contributed by atoms with Crippen LogP contribution in [0.25, 0.3) is 5.76 Å². The first-order valence-electron chi connectivity index (χ1n) is 10.6. The van der Waals surface area contributed by atoms with Crippen molar-refractivity contribution in [1.82, 2.24) is 15.2 Å². The maximum atomic E-state index is 14.0. The molecule has 0 spiro atoms. The lowest BCUT2D eigenvalue weighted by Crippen LogP contribution is -2.29. The van der Waals surface area contributed by atoms with E-state index in [9.17, 15) is 19.1 Å². The molecule has 0 bridgehead atoms. The molecule has 1 unspecified atom stereocenters. The number of carbonyl (C=O) groups is 2. The van der Waals surface area contributed by atoms with E-state index in [2.05, 4.69) is 15.2 Å². The quantitative estimate of drug-likeness (QED) is 0.111. The van der Waals surface area contributed by atoms with Crippen LogP contribution in [0.1, 0.15) is 22.7 Å². The molecule has 11 heteroatoms. The van der Waals surface area contributed by atoms with E-state index in [1.54, 1.807) is 54.6 Å². The fourth-order valence-corrected chi connectivity index (χ4v) is 5.85. The molecule has 1 aliphatic rings. The molecule has 1 atom stereocenters. The molecule has 1 amide bonds. The zero-order chi connectivity index (χ0) is 25.2. The molecule has 7 nitrogen and oxygen atoms in total. The summed E-state index contributed by atoms with van der Waals surface area (Å²) in [7, 11) is 0. The fourth-order valence-electron chi connectivity index (χ4n) is 3.80.